The summed E-state index contributed by atoms with van der Waals surface area (Å²) < 4.78 is 59.6. The molecule has 11 heteroatoms. The molecule has 0 aliphatic heterocycles. The molecule has 0 aromatic rings. The van der Waals surface area contributed by atoms with Crippen molar-refractivity contribution in [1.82, 2.24) is 0 Å². The van der Waals surface area contributed by atoms with Crippen LogP contribution in [0.3, 0.4) is 0 Å². The summed E-state index contributed by atoms with van der Waals surface area (Å²) >= 11 is 0. The van der Waals surface area contributed by atoms with E-state index in [0.29, 0.717) is 0 Å². The van der Waals surface area contributed by atoms with Crippen molar-refractivity contribution in [2.24, 2.45) is 0 Å². The molecule has 0 N–H and O–H groups in total. The number of alkyl halides is 3. The lowest BCUT2D eigenvalue weighted by Crippen LogP contribution is -2.10. The van der Waals surface area contributed by atoms with Gasteiger partial charge in [-0.1, -0.05) is 0 Å². The molecule has 0 heterocycles. The molecule has 0 bridgehead atoms. The Balaban J connectivity index is 4.29. The minimum Gasteiger partial charge on any atom is -0.220 e. The fraction of sp³-hybridized carbons (Fsp3) is 1.00. The zero-order valence-electron chi connectivity index (χ0n) is 9.17. The van der Waals surface area contributed by atoms with E-state index < -0.39 is 26.9 Å². The molecule has 0 radical (unpaired) electrons. The first kappa shape index (κ1) is 16.8. The first-order valence-corrected chi connectivity index (χ1v) is 5.78. The van der Waals surface area contributed by atoms with Crippen LogP contribution in [0.15, 0.2) is 0 Å². The average Bonchev–Trinajstić information content (AvgIpc) is 2.21. The van der Waals surface area contributed by atoms with E-state index in [2.05, 4.69) is 28.7 Å². The summed E-state index contributed by atoms with van der Waals surface area (Å²) in [6.45, 7) is 2.63. The van der Waals surface area contributed by atoms with Gasteiger partial charge in [0, 0.05) is 0 Å². The van der Waals surface area contributed by atoms with Crippen LogP contribution in [0.4, 0.5) is 13.2 Å². The average molecular weight is 284 g/mol. The van der Waals surface area contributed by atoms with Crippen LogP contribution in [0, 0.1) is 0 Å². The van der Waals surface area contributed by atoms with Gasteiger partial charge in [-0.25, -0.2) is 17.7 Å². The van der Waals surface area contributed by atoms with Crippen LogP contribution in [0.2, 0.25) is 0 Å². The molecule has 0 rings (SSSR count). The van der Waals surface area contributed by atoms with Gasteiger partial charge in [-0.05, 0) is 20.8 Å². The first-order chi connectivity index (χ1) is 7.75. The van der Waals surface area contributed by atoms with Crippen molar-refractivity contribution >= 4 is 7.82 Å². The van der Waals surface area contributed by atoms with Gasteiger partial charge in [-0.3, -0.25) is 0 Å². The summed E-state index contributed by atoms with van der Waals surface area (Å²) in [5, 5.41) is 0. The van der Waals surface area contributed by atoms with Gasteiger partial charge in [0.25, 0.3) is 0 Å². The Labute approximate surface area is 95.1 Å². The van der Waals surface area contributed by atoms with Gasteiger partial charge < -0.3 is 0 Å². The second-order valence-electron chi connectivity index (χ2n) is 2.59. The van der Waals surface area contributed by atoms with E-state index in [1.165, 1.54) is 0 Å². The zero-order valence-corrected chi connectivity index (χ0v) is 10.1. The predicted molar refractivity (Wildman–Crippen MR) is 45.8 cm³/mol. The molecule has 3 unspecified atom stereocenters. The molecule has 0 aliphatic carbocycles. The van der Waals surface area contributed by atoms with Gasteiger partial charge >= 0.3 is 7.82 Å². The van der Waals surface area contributed by atoms with E-state index in [1.807, 2.05) is 0 Å². The maximum absolute atomic E-state index is 12.2. The lowest BCUT2D eigenvalue weighted by molar-refractivity contribution is -0.374. The molecule has 0 saturated heterocycles. The van der Waals surface area contributed by atoms with Crippen molar-refractivity contribution in [3.8, 4) is 0 Å². The Morgan fingerprint density at radius 3 is 1.18 bits per heavy atom. The van der Waals surface area contributed by atoms with Crippen LogP contribution < -0.4 is 0 Å². The highest BCUT2D eigenvalue weighted by Gasteiger charge is 2.35. The Bertz CT molecular complexity index is 212. The summed E-state index contributed by atoms with van der Waals surface area (Å²) in [4.78, 5) is 11.4. The SMILES string of the molecule is CC(F)OOP(=O)(OOC(C)F)OOC(C)F. The molecular weight excluding hydrogens is 272 g/mol. The predicted octanol–water partition coefficient (Wildman–Crippen LogP) is 2.89. The van der Waals surface area contributed by atoms with E-state index in [0.717, 1.165) is 20.8 Å². The molecule has 0 spiro atoms. The van der Waals surface area contributed by atoms with Crippen molar-refractivity contribution in [3.05, 3.63) is 0 Å². The van der Waals surface area contributed by atoms with Crippen molar-refractivity contribution in [3.63, 3.8) is 0 Å². The van der Waals surface area contributed by atoms with Crippen LogP contribution in [0.5, 0.6) is 0 Å². The molecule has 0 amide bonds. The molecular formula is C6H12F3O7P. The maximum atomic E-state index is 12.2. The molecule has 0 fully saturated rings. The van der Waals surface area contributed by atoms with E-state index >= 15 is 0 Å². The lowest BCUT2D eigenvalue weighted by atomic mass is 10.8. The Hall–Kier alpha value is -0.220. The third kappa shape index (κ3) is 9.48. The Kier molecular flexibility index (Phi) is 7.88. The Morgan fingerprint density at radius 1 is 0.765 bits per heavy atom. The number of hydrogen-bond donors (Lipinski definition) is 0. The molecule has 0 aromatic carbocycles. The third-order valence-electron chi connectivity index (χ3n) is 0.801. The summed E-state index contributed by atoms with van der Waals surface area (Å²) in [5.41, 5.74) is 0. The van der Waals surface area contributed by atoms with Gasteiger partial charge in [0.15, 0.2) is 0 Å². The molecule has 0 aliphatic rings. The van der Waals surface area contributed by atoms with E-state index in [9.17, 15) is 17.7 Å². The topological polar surface area (TPSA) is 72.5 Å². The quantitative estimate of drug-likeness (QED) is 0.366. The highest BCUT2D eigenvalue weighted by molar-refractivity contribution is 7.48. The van der Waals surface area contributed by atoms with Crippen molar-refractivity contribution < 1.29 is 46.4 Å². The maximum Gasteiger partial charge on any atom is 0.557 e. The van der Waals surface area contributed by atoms with Crippen LogP contribution in [0.25, 0.3) is 0 Å². The summed E-state index contributed by atoms with van der Waals surface area (Å²) in [6, 6.07) is 0. The summed E-state index contributed by atoms with van der Waals surface area (Å²) in [5.74, 6) is 0. The Morgan fingerprint density at radius 2 is 1.00 bits per heavy atom. The number of rotatable bonds is 9. The second-order valence-corrected chi connectivity index (χ2v) is 3.93. The standard InChI is InChI=1S/C6H12F3O7P/c1-4(7)11-14-17(10,15-12-5(2)8)16-13-6(3)9/h4-6H,1-3H3. The molecule has 17 heavy (non-hydrogen) atoms. The highest BCUT2D eigenvalue weighted by atomic mass is 31.2. The minimum absolute atomic E-state index is 0.877. The second kappa shape index (κ2) is 7.98. The van der Waals surface area contributed by atoms with Gasteiger partial charge in [0.1, 0.15) is 0 Å². The molecule has 104 valence electrons. The van der Waals surface area contributed by atoms with Crippen LogP contribution in [-0.2, 0) is 33.3 Å². The van der Waals surface area contributed by atoms with Crippen LogP contribution in [0.1, 0.15) is 20.8 Å². The van der Waals surface area contributed by atoms with Crippen LogP contribution >= 0.6 is 7.82 Å². The molecule has 7 nitrogen and oxygen atoms in total. The van der Waals surface area contributed by atoms with Crippen molar-refractivity contribution in [2.75, 3.05) is 0 Å². The summed E-state index contributed by atoms with van der Waals surface area (Å²) in [6.07, 6.45) is -6.00. The highest BCUT2D eigenvalue weighted by Crippen LogP contribution is 2.51. The van der Waals surface area contributed by atoms with E-state index in [4.69, 9.17) is 0 Å². The van der Waals surface area contributed by atoms with Gasteiger partial charge in [0.05, 0.1) is 0 Å². The molecule has 0 aromatic heterocycles. The number of hydrogen-bond acceptors (Lipinski definition) is 7. The fourth-order valence-electron chi connectivity index (χ4n) is 0.373. The lowest BCUT2D eigenvalue weighted by Gasteiger charge is -2.15. The van der Waals surface area contributed by atoms with Gasteiger partial charge in [0.2, 0.25) is 19.1 Å². The molecule has 3 atom stereocenters. The smallest absolute Gasteiger partial charge is 0.220 e. The minimum atomic E-state index is -4.77. The zero-order chi connectivity index (χ0) is 13.5. The largest absolute Gasteiger partial charge is 0.557 e. The number of halogens is 3. The normalized spacial score (nSPS) is 20.6. The monoisotopic (exact) mass is 284 g/mol. The van der Waals surface area contributed by atoms with Crippen molar-refractivity contribution in [1.29, 1.82) is 0 Å². The summed E-state index contributed by atoms with van der Waals surface area (Å²) in [7, 11) is -4.77. The fourth-order valence-corrected chi connectivity index (χ4v) is 1.12. The van der Waals surface area contributed by atoms with Gasteiger partial charge in [-0.2, -0.15) is 14.7 Å². The van der Waals surface area contributed by atoms with E-state index in [1.54, 1.807) is 0 Å². The van der Waals surface area contributed by atoms with Crippen LogP contribution in [-0.4, -0.2) is 19.1 Å². The van der Waals surface area contributed by atoms with Crippen molar-refractivity contribution in [2.45, 2.75) is 39.8 Å². The third-order valence-corrected chi connectivity index (χ3v) is 1.61. The van der Waals surface area contributed by atoms with E-state index in [-0.39, 0.29) is 0 Å². The number of phosphoric acid groups is 1. The molecule has 0 saturated carbocycles. The van der Waals surface area contributed by atoms with Gasteiger partial charge in [-0.15, -0.1) is 14.0 Å². The first-order valence-electron chi connectivity index (χ1n) is 4.32.